The van der Waals surface area contributed by atoms with Crippen molar-refractivity contribution < 1.29 is 33.3 Å². The lowest BCUT2D eigenvalue weighted by Crippen LogP contribution is -2.24. The van der Waals surface area contributed by atoms with Crippen LogP contribution in [-0.2, 0) is 11.4 Å². The third-order valence-electron chi connectivity index (χ3n) is 6.09. The van der Waals surface area contributed by atoms with Crippen molar-refractivity contribution >= 4 is 18.1 Å². The van der Waals surface area contributed by atoms with Gasteiger partial charge >= 0.3 is 5.97 Å². The number of rotatable bonds is 15. The molecule has 0 unspecified atom stereocenters. The van der Waals surface area contributed by atoms with Crippen molar-refractivity contribution in [3.63, 3.8) is 0 Å². The average Bonchev–Trinajstić information content (AvgIpc) is 3.04. The van der Waals surface area contributed by atoms with Crippen LogP contribution >= 0.6 is 0 Å². The summed E-state index contributed by atoms with van der Waals surface area (Å²) in [5.74, 6) is 1.55. The first-order chi connectivity index (χ1) is 21.0. The molecule has 0 atom stereocenters. The summed E-state index contributed by atoms with van der Waals surface area (Å²) in [6, 6.07) is 28.6. The number of ether oxygens (including phenoxy) is 5. The smallest absolute Gasteiger partial charge is 0.343 e. The number of carbonyl (C=O) groups excluding carboxylic acids is 2. The molecule has 4 aromatic rings. The summed E-state index contributed by atoms with van der Waals surface area (Å²) in [7, 11) is 1.47. The Balaban J connectivity index is 1.22. The fraction of sp³-hybridized carbons (Fsp3) is 0.206. The van der Waals surface area contributed by atoms with Crippen LogP contribution in [-0.4, -0.2) is 38.4 Å². The van der Waals surface area contributed by atoms with Crippen molar-refractivity contribution in [1.29, 1.82) is 0 Å². The van der Waals surface area contributed by atoms with Crippen LogP contribution in [0.2, 0.25) is 0 Å². The number of hydrogen-bond acceptors (Lipinski definition) is 8. The fourth-order valence-electron chi connectivity index (χ4n) is 3.76. The summed E-state index contributed by atoms with van der Waals surface area (Å²) in [6.07, 6.45) is 3.46. The lowest BCUT2D eigenvalue weighted by Gasteiger charge is -2.10. The van der Waals surface area contributed by atoms with E-state index in [1.54, 1.807) is 66.7 Å². The maximum Gasteiger partial charge on any atom is 0.343 e. The van der Waals surface area contributed by atoms with Crippen molar-refractivity contribution in [3.8, 4) is 28.7 Å². The quantitative estimate of drug-likeness (QED) is 0.0585. The Morgan fingerprint density at radius 1 is 0.791 bits per heavy atom. The van der Waals surface area contributed by atoms with E-state index in [1.165, 1.54) is 13.3 Å². The number of nitrogens with one attached hydrogen (secondary N) is 1. The highest BCUT2D eigenvalue weighted by atomic mass is 16.6. The van der Waals surface area contributed by atoms with Crippen LogP contribution in [0.3, 0.4) is 0 Å². The standard InChI is InChI=1S/C34H34N2O7/c1-3-4-20-40-28-13-11-27(12-14-28)34(38)43-31-19-10-26(21-32(31)39-2)22-35-36-33(37)24-42-30-17-15-29(16-18-30)41-23-25-8-6-5-7-9-25/h5-19,21-22H,3-4,20,23-24H2,1-2H3,(H,36,37)/b35-22+. The van der Waals surface area contributed by atoms with Gasteiger partial charge in [0.1, 0.15) is 23.9 Å². The van der Waals surface area contributed by atoms with Crippen LogP contribution < -0.4 is 29.1 Å². The fourth-order valence-corrected chi connectivity index (χ4v) is 3.76. The SMILES string of the molecule is CCCCOc1ccc(C(=O)Oc2ccc(/C=N/NC(=O)COc3ccc(OCc4ccccc4)cc3)cc2OC)cc1. The Morgan fingerprint density at radius 3 is 2.16 bits per heavy atom. The molecule has 0 aliphatic carbocycles. The van der Waals surface area contributed by atoms with Crippen LogP contribution in [0.15, 0.2) is 102 Å². The van der Waals surface area contributed by atoms with Crippen LogP contribution in [0.25, 0.3) is 0 Å². The van der Waals surface area contributed by atoms with E-state index in [0.29, 0.717) is 47.3 Å². The molecule has 0 aromatic heterocycles. The van der Waals surface area contributed by atoms with Crippen molar-refractivity contribution in [2.24, 2.45) is 5.10 Å². The number of hydrazone groups is 1. The van der Waals surface area contributed by atoms with E-state index in [-0.39, 0.29) is 12.4 Å². The Hall–Kier alpha value is -5.31. The Bertz CT molecular complexity index is 1490. The normalized spacial score (nSPS) is 10.7. The second-order valence-corrected chi connectivity index (χ2v) is 9.35. The zero-order valence-corrected chi connectivity index (χ0v) is 24.2. The zero-order chi connectivity index (χ0) is 30.3. The molecule has 0 bridgehead atoms. The molecule has 0 aliphatic heterocycles. The van der Waals surface area contributed by atoms with Gasteiger partial charge < -0.3 is 23.7 Å². The molecule has 0 aliphatic rings. The monoisotopic (exact) mass is 582 g/mol. The predicted octanol–water partition coefficient (Wildman–Crippen LogP) is 6.20. The summed E-state index contributed by atoms with van der Waals surface area (Å²) in [4.78, 5) is 24.8. The van der Waals surface area contributed by atoms with Gasteiger partial charge in [0.2, 0.25) is 0 Å². The molecule has 0 radical (unpaired) electrons. The third-order valence-corrected chi connectivity index (χ3v) is 6.09. The summed E-state index contributed by atoms with van der Waals surface area (Å²) < 4.78 is 27.8. The van der Waals surface area contributed by atoms with E-state index in [9.17, 15) is 9.59 Å². The molecule has 4 aromatic carbocycles. The Kier molecular flexibility index (Phi) is 11.6. The first kappa shape index (κ1) is 30.6. The lowest BCUT2D eigenvalue weighted by atomic mass is 10.2. The topological polar surface area (TPSA) is 105 Å². The largest absolute Gasteiger partial charge is 0.494 e. The number of hydrogen-bond donors (Lipinski definition) is 1. The molecule has 0 spiro atoms. The summed E-state index contributed by atoms with van der Waals surface area (Å²) in [5.41, 5.74) is 4.50. The molecule has 0 fully saturated rings. The van der Waals surface area contributed by atoms with Crippen LogP contribution in [0.4, 0.5) is 0 Å². The van der Waals surface area contributed by atoms with Crippen LogP contribution in [0.1, 0.15) is 41.3 Å². The van der Waals surface area contributed by atoms with E-state index < -0.39 is 11.9 Å². The minimum Gasteiger partial charge on any atom is -0.494 e. The van der Waals surface area contributed by atoms with E-state index in [2.05, 4.69) is 17.5 Å². The number of amides is 1. The van der Waals surface area contributed by atoms with Gasteiger partial charge in [0.05, 0.1) is 25.5 Å². The van der Waals surface area contributed by atoms with Gasteiger partial charge in [-0.3, -0.25) is 4.79 Å². The van der Waals surface area contributed by atoms with E-state index in [0.717, 1.165) is 18.4 Å². The predicted molar refractivity (Wildman–Crippen MR) is 163 cm³/mol. The number of benzene rings is 4. The number of nitrogens with zero attached hydrogens (tertiary/aromatic N) is 1. The summed E-state index contributed by atoms with van der Waals surface area (Å²) in [6.45, 7) is 2.97. The van der Waals surface area contributed by atoms with E-state index in [1.807, 2.05) is 30.3 Å². The van der Waals surface area contributed by atoms with Gasteiger partial charge in [-0.1, -0.05) is 43.7 Å². The molecule has 0 saturated heterocycles. The number of methoxy groups -OCH3 is 1. The molecular weight excluding hydrogens is 548 g/mol. The number of carbonyl (C=O) groups is 2. The molecular formula is C34H34N2O7. The zero-order valence-electron chi connectivity index (χ0n) is 24.2. The Labute approximate surface area is 251 Å². The second kappa shape index (κ2) is 16.2. The van der Waals surface area contributed by atoms with Gasteiger partial charge in [0, 0.05) is 0 Å². The lowest BCUT2D eigenvalue weighted by molar-refractivity contribution is -0.123. The average molecular weight is 583 g/mol. The third kappa shape index (κ3) is 9.93. The van der Waals surface area contributed by atoms with Crippen molar-refractivity contribution in [1.82, 2.24) is 5.43 Å². The summed E-state index contributed by atoms with van der Waals surface area (Å²) >= 11 is 0. The molecule has 4 rings (SSSR count). The van der Waals surface area contributed by atoms with Crippen molar-refractivity contribution in [2.75, 3.05) is 20.3 Å². The van der Waals surface area contributed by atoms with Crippen LogP contribution in [0.5, 0.6) is 28.7 Å². The van der Waals surface area contributed by atoms with E-state index in [4.69, 9.17) is 23.7 Å². The first-order valence-electron chi connectivity index (χ1n) is 13.9. The van der Waals surface area contributed by atoms with Gasteiger partial charge in [-0.05, 0) is 84.3 Å². The molecule has 1 amide bonds. The van der Waals surface area contributed by atoms with Gasteiger partial charge in [0.25, 0.3) is 5.91 Å². The minimum absolute atomic E-state index is 0.217. The molecule has 222 valence electrons. The molecule has 9 nitrogen and oxygen atoms in total. The van der Waals surface area contributed by atoms with Gasteiger partial charge in [-0.15, -0.1) is 0 Å². The number of unbranched alkanes of at least 4 members (excludes halogenated alkanes) is 1. The Morgan fingerprint density at radius 2 is 1.47 bits per heavy atom. The van der Waals surface area contributed by atoms with Gasteiger partial charge in [-0.2, -0.15) is 5.10 Å². The second-order valence-electron chi connectivity index (χ2n) is 9.35. The van der Waals surface area contributed by atoms with Gasteiger partial charge in [0.15, 0.2) is 18.1 Å². The molecule has 9 heteroatoms. The first-order valence-corrected chi connectivity index (χ1v) is 13.9. The van der Waals surface area contributed by atoms with Crippen molar-refractivity contribution in [2.45, 2.75) is 26.4 Å². The summed E-state index contributed by atoms with van der Waals surface area (Å²) in [5, 5.41) is 3.97. The molecule has 43 heavy (non-hydrogen) atoms. The van der Waals surface area contributed by atoms with Gasteiger partial charge in [-0.25, -0.2) is 10.2 Å². The van der Waals surface area contributed by atoms with E-state index >= 15 is 0 Å². The molecule has 0 saturated carbocycles. The maximum absolute atomic E-state index is 12.6. The molecule has 1 N–H and O–H groups in total. The van der Waals surface area contributed by atoms with Crippen LogP contribution in [0, 0.1) is 0 Å². The highest BCUT2D eigenvalue weighted by Crippen LogP contribution is 2.28. The highest BCUT2D eigenvalue weighted by Gasteiger charge is 2.13. The highest BCUT2D eigenvalue weighted by molar-refractivity contribution is 5.92. The van der Waals surface area contributed by atoms with Crippen molar-refractivity contribution in [3.05, 3.63) is 114 Å². The number of esters is 1. The molecule has 0 heterocycles. The minimum atomic E-state index is -0.526. The maximum atomic E-state index is 12.6.